The van der Waals surface area contributed by atoms with Gasteiger partial charge in [-0.2, -0.15) is 0 Å². The van der Waals surface area contributed by atoms with Gasteiger partial charge in [-0.3, -0.25) is 13.9 Å². The molecular formula is C31H38BrN3O4S. The zero-order valence-corrected chi connectivity index (χ0v) is 25.7. The van der Waals surface area contributed by atoms with E-state index < -0.39 is 16.1 Å². The minimum Gasteiger partial charge on any atom is -0.352 e. The summed E-state index contributed by atoms with van der Waals surface area (Å²) in [4.78, 5) is 29.1. The molecule has 0 radical (unpaired) electrons. The molecule has 0 bridgehead atoms. The van der Waals surface area contributed by atoms with Gasteiger partial charge in [0.1, 0.15) is 6.04 Å². The van der Waals surface area contributed by atoms with Gasteiger partial charge in [-0.05, 0) is 55.2 Å². The normalized spacial score (nSPS) is 12.8. The summed E-state index contributed by atoms with van der Waals surface area (Å²) in [7, 11) is -3.54. The number of hydrogen-bond donors (Lipinski definition) is 1. The molecule has 0 fully saturated rings. The number of anilines is 1. The maximum absolute atomic E-state index is 13.8. The number of carbonyl (C=O) groups is 2. The molecule has 0 aliphatic rings. The van der Waals surface area contributed by atoms with E-state index in [2.05, 4.69) is 21.2 Å². The van der Waals surface area contributed by atoms with E-state index in [1.54, 1.807) is 29.2 Å². The number of rotatable bonds is 14. The molecule has 40 heavy (non-hydrogen) atoms. The summed E-state index contributed by atoms with van der Waals surface area (Å²) in [5.41, 5.74) is 2.40. The zero-order valence-electron chi connectivity index (χ0n) is 23.3. The van der Waals surface area contributed by atoms with Crippen LogP contribution in [-0.4, -0.2) is 50.0 Å². The smallest absolute Gasteiger partial charge is 0.243 e. The van der Waals surface area contributed by atoms with E-state index in [1.807, 2.05) is 74.5 Å². The molecular weight excluding hydrogens is 590 g/mol. The second-order valence-electron chi connectivity index (χ2n) is 9.95. The zero-order chi connectivity index (χ0) is 29.1. The van der Waals surface area contributed by atoms with Crippen molar-refractivity contribution in [2.75, 3.05) is 17.1 Å². The molecule has 3 aromatic rings. The first-order chi connectivity index (χ1) is 19.1. The number of carbonyl (C=O) groups excluding carboxylic acids is 2. The van der Waals surface area contributed by atoms with E-state index in [-0.39, 0.29) is 37.4 Å². The van der Waals surface area contributed by atoms with E-state index in [1.165, 1.54) is 4.31 Å². The van der Waals surface area contributed by atoms with Crippen LogP contribution in [0.25, 0.3) is 0 Å². The molecule has 3 aromatic carbocycles. The van der Waals surface area contributed by atoms with Crippen LogP contribution < -0.4 is 9.62 Å². The third-order valence-electron chi connectivity index (χ3n) is 6.73. The van der Waals surface area contributed by atoms with E-state index in [0.29, 0.717) is 18.5 Å². The van der Waals surface area contributed by atoms with Gasteiger partial charge in [-0.25, -0.2) is 8.42 Å². The standard InChI is InChI=1S/C31H38BrN3O4S/c1-4-24(2)33-31(37)29(22-25-12-7-5-8-13-25)34(23-26-17-19-27(32)20-18-26)30(36)16-11-21-35(40(3,38)39)28-14-9-6-10-15-28/h5-10,12-15,17-20,24,29H,4,11,16,21-23H2,1-3H3,(H,33,37)/t24-,29+/m1/s1. The average molecular weight is 629 g/mol. The van der Waals surface area contributed by atoms with Crippen molar-refractivity contribution >= 4 is 43.5 Å². The van der Waals surface area contributed by atoms with Crippen LogP contribution >= 0.6 is 15.9 Å². The van der Waals surface area contributed by atoms with Gasteiger partial charge < -0.3 is 10.2 Å². The highest BCUT2D eigenvalue weighted by atomic mass is 79.9. The van der Waals surface area contributed by atoms with E-state index in [0.717, 1.165) is 28.3 Å². The Morgan fingerprint density at radius 2 is 1.50 bits per heavy atom. The summed E-state index contributed by atoms with van der Waals surface area (Å²) in [6.07, 6.45) is 2.70. The molecule has 0 saturated carbocycles. The first kappa shape index (κ1) is 31.4. The highest BCUT2D eigenvalue weighted by Gasteiger charge is 2.31. The second kappa shape index (κ2) is 15.0. The van der Waals surface area contributed by atoms with Crippen LogP contribution in [0.5, 0.6) is 0 Å². The van der Waals surface area contributed by atoms with Crippen LogP contribution in [0.2, 0.25) is 0 Å². The third kappa shape index (κ3) is 9.48. The van der Waals surface area contributed by atoms with Crippen LogP contribution in [0.1, 0.15) is 44.2 Å². The maximum atomic E-state index is 13.8. The summed E-state index contributed by atoms with van der Waals surface area (Å²) in [5, 5.41) is 3.07. The molecule has 0 unspecified atom stereocenters. The van der Waals surface area contributed by atoms with Crippen LogP contribution in [0.3, 0.4) is 0 Å². The Morgan fingerprint density at radius 3 is 2.08 bits per heavy atom. The summed E-state index contributed by atoms with van der Waals surface area (Å²) in [6.45, 7) is 4.36. The molecule has 1 N–H and O–H groups in total. The Bertz CT molecular complexity index is 1340. The van der Waals surface area contributed by atoms with Crippen LogP contribution in [0.15, 0.2) is 89.4 Å². The minimum absolute atomic E-state index is 0.0374. The predicted molar refractivity (Wildman–Crippen MR) is 164 cm³/mol. The quantitative estimate of drug-likeness (QED) is 0.254. The topological polar surface area (TPSA) is 86.8 Å². The lowest BCUT2D eigenvalue weighted by Gasteiger charge is -2.32. The molecule has 2 atom stereocenters. The van der Waals surface area contributed by atoms with Gasteiger partial charge in [-0.15, -0.1) is 0 Å². The van der Waals surface area contributed by atoms with Crippen molar-refractivity contribution in [1.29, 1.82) is 0 Å². The number of hydrogen-bond acceptors (Lipinski definition) is 4. The number of halogens is 1. The van der Waals surface area contributed by atoms with Crippen molar-refractivity contribution < 1.29 is 18.0 Å². The fourth-order valence-electron chi connectivity index (χ4n) is 4.38. The van der Waals surface area contributed by atoms with Crippen LogP contribution in [-0.2, 0) is 32.6 Å². The first-order valence-corrected chi connectivity index (χ1v) is 16.1. The van der Waals surface area contributed by atoms with Gasteiger partial charge in [0.2, 0.25) is 21.8 Å². The number of nitrogens with one attached hydrogen (secondary N) is 1. The van der Waals surface area contributed by atoms with Crippen molar-refractivity contribution in [3.8, 4) is 0 Å². The van der Waals surface area contributed by atoms with Gasteiger partial charge in [-0.1, -0.05) is 83.5 Å². The Labute approximate surface area is 246 Å². The highest BCUT2D eigenvalue weighted by molar-refractivity contribution is 9.10. The number of nitrogens with zero attached hydrogens (tertiary/aromatic N) is 2. The molecule has 2 amide bonds. The van der Waals surface area contributed by atoms with Crippen molar-refractivity contribution in [2.45, 2.75) is 58.2 Å². The SMILES string of the molecule is CC[C@@H](C)NC(=O)[C@H](Cc1ccccc1)N(Cc1ccc(Br)cc1)C(=O)CCCN(c1ccccc1)S(C)(=O)=O. The van der Waals surface area contributed by atoms with Gasteiger partial charge in [0.25, 0.3) is 0 Å². The van der Waals surface area contributed by atoms with Crippen molar-refractivity contribution in [1.82, 2.24) is 10.2 Å². The van der Waals surface area contributed by atoms with Gasteiger partial charge in [0, 0.05) is 36.4 Å². The van der Waals surface area contributed by atoms with Crippen LogP contribution in [0.4, 0.5) is 5.69 Å². The minimum atomic E-state index is -3.54. The van der Waals surface area contributed by atoms with Crippen molar-refractivity contribution in [3.63, 3.8) is 0 Å². The number of amides is 2. The number of benzene rings is 3. The third-order valence-corrected chi connectivity index (χ3v) is 8.46. The predicted octanol–water partition coefficient (Wildman–Crippen LogP) is 5.55. The number of sulfonamides is 1. The summed E-state index contributed by atoms with van der Waals surface area (Å²) >= 11 is 3.46. The van der Waals surface area contributed by atoms with Gasteiger partial charge >= 0.3 is 0 Å². The summed E-state index contributed by atoms with van der Waals surface area (Å²) in [5.74, 6) is -0.407. The Hall–Kier alpha value is -3.17. The monoisotopic (exact) mass is 627 g/mol. The largest absolute Gasteiger partial charge is 0.352 e. The van der Waals surface area contributed by atoms with E-state index >= 15 is 0 Å². The molecule has 3 rings (SSSR count). The lowest BCUT2D eigenvalue weighted by Crippen LogP contribution is -2.52. The fourth-order valence-corrected chi connectivity index (χ4v) is 5.61. The molecule has 9 heteroatoms. The first-order valence-electron chi connectivity index (χ1n) is 13.5. The molecule has 0 heterocycles. The van der Waals surface area contributed by atoms with Gasteiger partial charge in [0.15, 0.2) is 0 Å². The van der Waals surface area contributed by atoms with Gasteiger partial charge in [0.05, 0.1) is 11.9 Å². The molecule has 214 valence electrons. The van der Waals surface area contributed by atoms with Crippen molar-refractivity contribution in [2.24, 2.45) is 0 Å². The summed E-state index contributed by atoms with van der Waals surface area (Å²) in [6, 6.07) is 25.4. The highest BCUT2D eigenvalue weighted by Crippen LogP contribution is 2.21. The molecule has 0 aromatic heterocycles. The Kier molecular flexibility index (Phi) is 11.8. The molecule has 0 saturated heterocycles. The average Bonchev–Trinajstić information content (AvgIpc) is 2.94. The fraction of sp³-hybridized carbons (Fsp3) is 0.355. The Balaban J connectivity index is 1.88. The maximum Gasteiger partial charge on any atom is 0.243 e. The lowest BCUT2D eigenvalue weighted by atomic mass is 10.0. The summed E-state index contributed by atoms with van der Waals surface area (Å²) < 4.78 is 27.3. The number of para-hydroxylation sites is 1. The molecule has 0 spiro atoms. The lowest BCUT2D eigenvalue weighted by molar-refractivity contribution is -0.141. The second-order valence-corrected chi connectivity index (χ2v) is 12.8. The molecule has 7 nitrogen and oxygen atoms in total. The van der Waals surface area contributed by atoms with E-state index in [4.69, 9.17) is 0 Å². The van der Waals surface area contributed by atoms with Crippen LogP contribution in [0, 0.1) is 0 Å². The van der Waals surface area contributed by atoms with E-state index in [9.17, 15) is 18.0 Å². The molecule has 0 aliphatic carbocycles. The van der Waals surface area contributed by atoms with Crippen molar-refractivity contribution in [3.05, 3.63) is 101 Å². The Morgan fingerprint density at radius 1 is 0.900 bits per heavy atom. The molecule has 0 aliphatic heterocycles.